The average Bonchev–Trinajstić information content (AvgIpc) is 3.10. The normalized spacial score (nSPS) is 31.3. The zero-order valence-electron chi connectivity index (χ0n) is 14.0. The van der Waals surface area contributed by atoms with E-state index in [1.165, 1.54) is 5.56 Å². The van der Waals surface area contributed by atoms with Crippen molar-refractivity contribution < 1.29 is 9.53 Å². The van der Waals surface area contributed by atoms with Gasteiger partial charge in [-0.25, -0.2) is 0 Å². The van der Waals surface area contributed by atoms with Gasteiger partial charge in [-0.1, -0.05) is 43.7 Å². The molecule has 0 bridgehead atoms. The zero-order valence-corrected chi connectivity index (χ0v) is 14.0. The number of piperidine rings is 1. The third-order valence-electron chi connectivity index (χ3n) is 5.44. The van der Waals surface area contributed by atoms with E-state index in [9.17, 15) is 4.79 Å². The van der Waals surface area contributed by atoms with Crippen LogP contribution in [0.25, 0.3) is 0 Å². The molecule has 0 radical (unpaired) electrons. The van der Waals surface area contributed by atoms with Crippen molar-refractivity contribution in [3.8, 4) is 0 Å². The number of likely N-dealkylation sites (tertiary alicyclic amines) is 1. The van der Waals surface area contributed by atoms with Crippen molar-refractivity contribution in [3.05, 3.63) is 35.9 Å². The molecule has 126 valence electrons. The Morgan fingerprint density at radius 2 is 2.04 bits per heavy atom. The Labute approximate surface area is 139 Å². The summed E-state index contributed by atoms with van der Waals surface area (Å²) in [7, 11) is 0. The largest absolute Gasteiger partial charge is 0.364 e. The predicted molar refractivity (Wildman–Crippen MR) is 91.1 cm³/mol. The van der Waals surface area contributed by atoms with Crippen LogP contribution < -0.4 is 5.73 Å². The first-order valence-corrected chi connectivity index (χ1v) is 8.92. The molecule has 2 N–H and O–H groups in total. The monoisotopic (exact) mass is 316 g/mol. The van der Waals surface area contributed by atoms with E-state index in [0.717, 1.165) is 38.8 Å². The van der Waals surface area contributed by atoms with E-state index in [2.05, 4.69) is 37.3 Å². The number of benzene rings is 1. The third-order valence-corrected chi connectivity index (χ3v) is 5.44. The van der Waals surface area contributed by atoms with Gasteiger partial charge in [-0.2, -0.15) is 0 Å². The predicted octanol–water partition coefficient (Wildman–Crippen LogP) is 2.54. The van der Waals surface area contributed by atoms with Crippen molar-refractivity contribution in [2.75, 3.05) is 19.6 Å². The Hall–Kier alpha value is -1.39. The highest BCUT2D eigenvalue weighted by Gasteiger charge is 2.37. The van der Waals surface area contributed by atoms with Crippen LogP contribution in [-0.4, -0.2) is 42.6 Å². The molecule has 2 aliphatic heterocycles. The second-order valence-electron chi connectivity index (χ2n) is 6.82. The van der Waals surface area contributed by atoms with Gasteiger partial charge in [0.05, 0.1) is 6.10 Å². The second-order valence-corrected chi connectivity index (χ2v) is 6.82. The molecule has 2 unspecified atom stereocenters. The molecule has 0 aromatic heterocycles. The summed E-state index contributed by atoms with van der Waals surface area (Å²) in [6, 6.07) is 10.7. The fourth-order valence-electron chi connectivity index (χ4n) is 4.05. The summed E-state index contributed by atoms with van der Waals surface area (Å²) in [5, 5.41) is 0. The molecular weight excluding hydrogens is 288 g/mol. The fraction of sp³-hybridized carbons (Fsp3) is 0.632. The van der Waals surface area contributed by atoms with Crippen molar-refractivity contribution in [1.82, 2.24) is 4.90 Å². The van der Waals surface area contributed by atoms with Crippen molar-refractivity contribution in [1.29, 1.82) is 0 Å². The highest BCUT2D eigenvalue weighted by atomic mass is 16.5. The van der Waals surface area contributed by atoms with E-state index >= 15 is 0 Å². The van der Waals surface area contributed by atoms with Crippen LogP contribution in [0.5, 0.6) is 0 Å². The van der Waals surface area contributed by atoms with E-state index in [-0.39, 0.29) is 18.1 Å². The number of hydrogen-bond donors (Lipinski definition) is 1. The first kappa shape index (κ1) is 16.5. The standard InChI is InChI=1S/C19H28N2O2/c1-2-14-13-21(19(22)18-9-8-16(12-20)23-18)11-10-17(14)15-6-4-3-5-7-15/h3-7,14,16-18H,2,8-13,20H2,1H3/t14?,16-,17?,18+/m1/s1. The van der Waals surface area contributed by atoms with Crippen LogP contribution >= 0.6 is 0 Å². The number of nitrogens with zero attached hydrogens (tertiary/aromatic N) is 1. The highest BCUT2D eigenvalue weighted by molar-refractivity contribution is 5.81. The minimum absolute atomic E-state index is 0.0628. The maximum atomic E-state index is 12.7. The molecule has 23 heavy (non-hydrogen) atoms. The molecule has 2 saturated heterocycles. The fourth-order valence-corrected chi connectivity index (χ4v) is 4.05. The summed E-state index contributed by atoms with van der Waals surface area (Å²) >= 11 is 0. The van der Waals surface area contributed by atoms with Gasteiger partial charge in [0.15, 0.2) is 0 Å². The van der Waals surface area contributed by atoms with Crippen LogP contribution in [0.4, 0.5) is 0 Å². The minimum atomic E-state index is -0.269. The van der Waals surface area contributed by atoms with Gasteiger partial charge < -0.3 is 15.4 Å². The molecule has 2 heterocycles. The molecule has 1 amide bonds. The summed E-state index contributed by atoms with van der Waals surface area (Å²) in [6.45, 7) is 4.42. The Balaban J connectivity index is 1.63. The van der Waals surface area contributed by atoms with E-state index in [1.54, 1.807) is 0 Å². The zero-order chi connectivity index (χ0) is 16.2. The van der Waals surface area contributed by atoms with Gasteiger partial charge in [0.2, 0.25) is 0 Å². The van der Waals surface area contributed by atoms with Crippen LogP contribution in [0.1, 0.15) is 44.1 Å². The van der Waals surface area contributed by atoms with Gasteiger partial charge in [0.1, 0.15) is 6.10 Å². The number of hydrogen-bond acceptors (Lipinski definition) is 3. The van der Waals surface area contributed by atoms with Crippen LogP contribution in [0.2, 0.25) is 0 Å². The lowest BCUT2D eigenvalue weighted by molar-refractivity contribution is -0.144. The van der Waals surface area contributed by atoms with Gasteiger partial charge in [0.25, 0.3) is 5.91 Å². The van der Waals surface area contributed by atoms with Crippen LogP contribution in [0.3, 0.4) is 0 Å². The Morgan fingerprint density at radius 1 is 1.26 bits per heavy atom. The van der Waals surface area contributed by atoms with Gasteiger partial charge >= 0.3 is 0 Å². The first-order valence-electron chi connectivity index (χ1n) is 8.92. The van der Waals surface area contributed by atoms with Gasteiger partial charge in [-0.15, -0.1) is 0 Å². The minimum Gasteiger partial charge on any atom is -0.364 e. The van der Waals surface area contributed by atoms with E-state index < -0.39 is 0 Å². The van der Waals surface area contributed by atoms with E-state index in [4.69, 9.17) is 10.5 Å². The first-order chi connectivity index (χ1) is 11.2. The SMILES string of the molecule is CCC1CN(C(=O)[C@@H]2CC[C@H](CN)O2)CCC1c1ccccc1. The second kappa shape index (κ2) is 7.45. The Kier molecular flexibility index (Phi) is 5.34. The van der Waals surface area contributed by atoms with Crippen LogP contribution in [0.15, 0.2) is 30.3 Å². The molecule has 4 nitrogen and oxygen atoms in total. The van der Waals surface area contributed by atoms with Crippen LogP contribution in [-0.2, 0) is 9.53 Å². The lowest BCUT2D eigenvalue weighted by Gasteiger charge is -2.39. The van der Waals surface area contributed by atoms with Crippen LogP contribution in [0, 0.1) is 5.92 Å². The summed E-state index contributed by atoms with van der Waals surface area (Å²) in [4.78, 5) is 14.8. The summed E-state index contributed by atoms with van der Waals surface area (Å²) < 4.78 is 5.79. The molecule has 2 fully saturated rings. The van der Waals surface area contributed by atoms with E-state index in [0.29, 0.717) is 18.4 Å². The summed E-state index contributed by atoms with van der Waals surface area (Å²) in [5.74, 6) is 1.26. The lowest BCUT2D eigenvalue weighted by Crippen LogP contribution is -2.47. The average molecular weight is 316 g/mol. The topological polar surface area (TPSA) is 55.6 Å². The van der Waals surface area contributed by atoms with E-state index in [1.807, 2.05) is 4.90 Å². The quantitative estimate of drug-likeness (QED) is 0.929. The number of carbonyl (C=O) groups is 1. The van der Waals surface area contributed by atoms with Gasteiger partial charge in [-0.3, -0.25) is 4.79 Å². The molecule has 2 aliphatic rings. The molecular formula is C19H28N2O2. The number of rotatable bonds is 4. The molecule has 4 atom stereocenters. The molecule has 0 saturated carbocycles. The van der Waals surface area contributed by atoms with Gasteiger partial charge in [-0.05, 0) is 36.7 Å². The number of nitrogens with two attached hydrogens (primary N) is 1. The number of ether oxygens (including phenoxy) is 1. The maximum Gasteiger partial charge on any atom is 0.251 e. The van der Waals surface area contributed by atoms with Crippen molar-refractivity contribution in [2.45, 2.75) is 50.7 Å². The van der Waals surface area contributed by atoms with Gasteiger partial charge in [0, 0.05) is 19.6 Å². The number of amides is 1. The van der Waals surface area contributed by atoms with Crippen molar-refractivity contribution in [3.63, 3.8) is 0 Å². The maximum absolute atomic E-state index is 12.7. The third kappa shape index (κ3) is 3.59. The van der Waals surface area contributed by atoms with Crippen molar-refractivity contribution in [2.24, 2.45) is 11.7 Å². The molecule has 1 aromatic rings. The molecule has 4 heteroatoms. The molecule has 0 aliphatic carbocycles. The highest BCUT2D eigenvalue weighted by Crippen LogP contribution is 2.35. The summed E-state index contributed by atoms with van der Waals surface area (Å²) in [5.41, 5.74) is 7.06. The molecule has 3 rings (SSSR count). The smallest absolute Gasteiger partial charge is 0.251 e. The Morgan fingerprint density at radius 3 is 2.70 bits per heavy atom. The molecule has 0 spiro atoms. The lowest BCUT2D eigenvalue weighted by atomic mass is 9.79. The Bertz CT molecular complexity index is 519. The molecule has 1 aromatic carbocycles. The van der Waals surface area contributed by atoms with Crippen molar-refractivity contribution >= 4 is 5.91 Å². The number of carbonyl (C=O) groups excluding carboxylic acids is 1. The summed E-state index contributed by atoms with van der Waals surface area (Å²) in [6.07, 6.45) is 3.66.